The van der Waals surface area contributed by atoms with E-state index in [4.69, 9.17) is 11.6 Å². The molecule has 134 valence electrons. The van der Waals surface area contributed by atoms with Crippen LogP contribution < -0.4 is 10.2 Å². The van der Waals surface area contributed by atoms with Crippen LogP contribution in [0.15, 0.2) is 18.2 Å². The lowest BCUT2D eigenvalue weighted by molar-refractivity contribution is -0.137. The summed E-state index contributed by atoms with van der Waals surface area (Å²) in [4.78, 5) is 24.6. The lowest BCUT2D eigenvalue weighted by atomic mass is 10.1. The number of nitrogens with zero attached hydrogens (tertiary/aromatic N) is 1. The molecule has 0 saturated carbocycles. The van der Waals surface area contributed by atoms with E-state index in [1.54, 1.807) is 0 Å². The highest BCUT2D eigenvalue weighted by Crippen LogP contribution is 2.37. The second-order valence-electron chi connectivity index (χ2n) is 5.78. The molecule has 0 saturated heterocycles. The SMILES string of the molecule is CC(=O)N(CCC(=O)NCC(C)C)c1ccc(Cl)c(C(F)(F)F)c1. The molecule has 0 radical (unpaired) electrons. The fourth-order valence-electron chi connectivity index (χ4n) is 1.99. The quantitative estimate of drug-likeness (QED) is 0.833. The van der Waals surface area contributed by atoms with Gasteiger partial charge in [-0.1, -0.05) is 25.4 Å². The van der Waals surface area contributed by atoms with Gasteiger partial charge in [0.15, 0.2) is 0 Å². The second-order valence-corrected chi connectivity index (χ2v) is 6.19. The van der Waals surface area contributed by atoms with Crippen molar-refractivity contribution in [3.05, 3.63) is 28.8 Å². The minimum atomic E-state index is -4.62. The number of carbonyl (C=O) groups is 2. The van der Waals surface area contributed by atoms with Crippen molar-refractivity contribution in [3.8, 4) is 0 Å². The Morgan fingerprint density at radius 2 is 1.92 bits per heavy atom. The first kappa shape index (κ1) is 20.3. The average Bonchev–Trinajstić information content (AvgIpc) is 2.45. The molecule has 0 atom stereocenters. The number of carbonyl (C=O) groups excluding carboxylic acids is 2. The third-order valence-electron chi connectivity index (χ3n) is 3.22. The topological polar surface area (TPSA) is 49.4 Å². The molecule has 0 aliphatic carbocycles. The van der Waals surface area contributed by atoms with Crippen LogP contribution in [0.25, 0.3) is 0 Å². The lowest BCUT2D eigenvalue weighted by Crippen LogP contribution is -2.35. The van der Waals surface area contributed by atoms with Gasteiger partial charge in [-0.15, -0.1) is 0 Å². The van der Waals surface area contributed by atoms with Crippen molar-refractivity contribution in [2.75, 3.05) is 18.0 Å². The molecule has 4 nitrogen and oxygen atoms in total. The van der Waals surface area contributed by atoms with E-state index in [0.29, 0.717) is 6.54 Å². The summed E-state index contributed by atoms with van der Waals surface area (Å²) in [7, 11) is 0. The van der Waals surface area contributed by atoms with Crippen LogP contribution in [0.1, 0.15) is 32.8 Å². The summed E-state index contributed by atoms with van der Waals surface area (Å²) < 4.78 is 38.8. The maximum Gasteiger partial charge on any atom is 0.417 e. The van der Waals surface area contributed by atoms with Crippen LogP contribution in [0.4, 0.5) is 18.9 Å². The van der Waals surface area contributed by atoms with Gasteiger partial charge in [0.25, 0.3) is 0 Å². The zero-order chi connectivity index (χ0) is 18.5. The van der Waals surface area contributed by atoms with E-state index < -0.39 is 22.7 Å². The van der Waals surface area contributed by atoms with Crippen molar-refractivity contribution in [1.82, 2.24) is 5.32 Å². The van der Waals surface area contributed by atoms with Crippen molar-refractivity contribution in [2.45, 2.75) is 33.4 Å². The van der Waals surface area contributed by atoms with E-state index in [-0.39, 0.29) is 30.5 Å². The van der Waals surface area contributed by atoms with Crippen molar-refractivity contribution < 1.29 is 22.8 Å². The molecule has 24 heavy (non-hydrogen) atoms. The van der Waals surface area contributed by atoms with Crippen molar-refractivity contribution in [1.29, 1.82) is 0 Å². The van der Waals surface area contributed by atoms with E-state index >= 15 is 0 Å². The van der Waals surface area contributed by atoms with Crippen LogP contribution in [0, 0.1) is 5.92 Å². The number of alkyl halides is 3. The summed E-state index contributed by atoms with van der Waals surface area (Å²) in [5.41, 5.74) is -0.965. The predicted molar refractivity (Wildman–Crippen MR) is 86.9 cm³/mol. The Hall–Kier alpha value is -1.76. The summed E-state index contributed by atoms with van der Waals surface area (Å²) in [6.45, 7) is 5.59. The van der Waals surface area contributed by atoms with Gasteiger partial charge in [0.05, 0.1) is 10.6 Å². The first-order valence-corrected chi connectivity index (χ1v) is 7.81. The molecule has 1 aromatic rings. The highest BCUT2D eigenvalue weighted by molar-refractivity contribution is 6.31. The molecule has 8 heteroatoms. The smallest absolute Gasteiger partial charge is 0.356 e. The number of hydrogen-bond acceptors (Lipinski definition) is 2. The van der Waals surface area contributed by atoms with Gasteiger partial charge in [-0.2, -0.15) is 13.2 Å². The second kappa shape index (κ2) is 8.37. The van der Waals surface area contributed by atoms with E-state index in [0.717, 1.165) is 17.0 Å². The number of nitrogens with one attached hydrogen (secondary N) is 1. The number of hydrogen-bond donors (Lipinski definition) is 1. The van der Waals surface area contributed by atoms with Crippen LogP contribution in [0.2, 0.25) is 5.02 Å². The number of amides is 2. The van der Waals surface area contributed by atoms with E-state index in [9.17, 15) is 22.8 Å². The molecule has 0 unspecified atom stereocenters. The first-order chi connectivity index (χ1) is 11.0. The first-order valence-electron chi connectivity index (χ1n) is 7.44. The Bertz CT molecular complexity index is 603. The molecule has 0 spiro atoms. The van der Waals surface area contributed by atoms with Crippen LogP contribution in [-0.2, 0) is 15.8 Å². The van der Waals surface area contributed by atoms with Gasteiger partial charge in [-0.3, -0.25) is 9.59 Å². The van der Waals surface area contributed by atoms with Crippen molar-refractivity contribution >= 4 is 29.1 Å². The van der Waals surface area contributed by atoms with Gasteiger partial charge in [0.2, 0.25) is 11.8 Å². The minimum Gasteiger partial charge on any atom is -0.356 e. The fraction of sp³-hybridized carbons (Fsp3) is 0.500. The summed E-state index contributed by atoms with van der Waals surface area (Å²) in [6, 6.07) is 3.23. The number of halogens is 4. The predicted octanol–water partition coefficient (Wildman–Crippen LogP) is 3.87. The van der Waals surface area contributed by atoms with Gasteiger partial charge < -0.3 is 10.2 Å². The van der Waals surface area contributed by atoms with Crippen molar-refractivity contribution in [3.63, 3.8) is 0 Å². The molecule has 0 fully saturated rings. The average molecular weight is 365 g/mol. The van der Waals surface area contributed by atoms with Crippen LogP contribution in [-0.4, -0.2) is 24.9 Å². The fourth-order valence-corrected chi connectivity index (χ4v) is 2.21. The molecule has 0 aromatic heterocycles. The maximum absolute atomic E-state index is 12.9. The number of benzene rings is 1. The van der Waals surface area contributed by atoms with Gasteiger partial charge in [0.1, 0.15) is 0 Å². The Labute approximate surface area is 144 Å². The Morgan fingerprint density at radius 1 is 1.29 bits per heavy atom. The Morgan fingerprint density at radius 3 is 2.42 bits per heavy atom. The molecule has 0 aliphatic heterocycles. The zero-order valence-electron chi connectivity index (χ0n) is 13.7. The molecular formula is C16H20ClF3N2O2. The number of anilines is 1. The zero-order valence-corrected chi connectivity index (χ0v) is 14.5. The standard InChI is InChI=1S/C16H20ClF3N2O2/c1-10(2)9-21-15(24)6-7-22(11(3)23)12-4-5-14(17)13(8-12)16(18,19)20/h4-5,8,10H,6-7,9H2,1-3H3,(H,21,24). The van der Waals surface area contributed by atoms with Gasteiger partial charge in [-0.05, 0) is 24.1 Å². The molecule has 1 N–H and O–H groups in total. The van der Waals surface area contributed by atoms with E-state index in [1.165, 1.54) is 13.0 Å². The monoisotopic (exact) mass is 364 g/mol. The highest BCUT2D eigenvalue weighted by Gasteiger charge is 2.34. The van der Waals surface area contributed by atoms with E-state index in [2.05, 4.69) is 5.32 Å². The maximum atomic E-state index is 12.9. The molecule has 0 bridgehead atoms. The Balaban J connectivity index is 2.90. The molecule has 2 amide bonds. The third kappa shape index (κ3) is 6.03. The molecule has 1 rings (SSSR count). The van der Waals surface area contributed by atoms with Gasteiger partial charge in [0, 0.05) is 32.1 Å². The summed E-state index contributed by atoms with van der Waals surface area (Å²) in [5.74, 6) is -0.439. The highest BCUT2D eigenvalue weighted by atomic mass is 35.5. The minimum absolute atomic E-state index is 0.00369. The Kier molecular flexibility index (Phi) is 7.08. The summed E-state index contributed by atoms with van der Waals surface area (Å²) in [6.07, 6.45) is -4.62. The normalized spacial score (nSPS) is 11.5. The molecular weight excluding hydrogens is 345 g/mol. The van der Waals surface area contributed by atoms with Crippen molar-refractivity contribution in [2.24, 2.45) is 5.92 Å². The molecule has 0 heterocycles. The van der Waals surface area contributed by atoms with E-state index in [1.807, 2.05) is 13.8 Å². The molecule has 1 aromatic carbocycles. The summed E-state index contributed by atoms with van der Waals surface area (Å²) in [5, 5.41) is 2.25. The van der Waals surface area contributed by atoms with Crippen LogP contribution in [0.5, 0.6) is 0 Å². The largest absolute Gasteiger partial charge is 0.417 e. The van der Waals surface area contributed by atoms with Gasteiger partial charge >= 0.3 is 6.18 Å². The van der Waals surface area contributed by atoms with Gasteiger partial charge in [-0.25, -0.2) is 0 Å². The third-order valence-corrected chi connectivity index (χ3v) is 3.55. The lowest BCUT2D eigenvalue weighted by Gasteiger charge is -2.22. The van der Waals surface area contributed by atoms with Crippen LogP contribution in [0.3, 0.4) is 0 Å². The number of rotatable bonds is 6. The molecule has 0 aliphatic rings. The van der Waals surface area contributed by atoms with Crippen LogP contribution >= 0.6 is 11.6 Å². The summed E-state index contributed by atoms with van der Waals surface area (Å²) >= 11 is 5.58.